The fourth-order valence-electron chi connectivity index (χ4n) is 5.33. The van der Waals surface area contributed by atoms with Crippen molar-refractivity contribution in [3.05, 3.63) is 29.7 Å². The first-order chi connectivity index (χ1) is 17.1. The van der Waals surface area contributed by atoms with E-state index in [0.717, 1.165) is 99.4 Å². The number of hydrogen-bond donors (Lipinski definition) is 2. The van der Waals surface area contributed by atoms with Crippen molar-refractivity contribution >= 4 is 35.5 Å². The lowest BCUT2D eigenvalue weighted by molar-refractivity contribution is -0.138. The minimum absolute atomic E-state index is 0.133. The normalized spacial score (nSPS) is 19.5. The predicted molar refractivity (Wildman–Crippen MR) is 140 cm³/mol. The number of nitrogens with one attached hydrogen (secondary N) is 1. The van der Waals surface area contributed by atoms with E-state index in [1.807, 2.05) is 11.8 Å². The molecule has 2 aromatic rings. The van der Waals surface area contributed by atoms with E-state index in [-0.39, 0.29) is 5.92 Å². The van der Waals surface area contributed by atoms with Gasteiger partial charge in [0.1, 0.15) is 11.5 Å². The molecule has 2 fully saturated rings. The molecule has 0 unspecified atom stereocenters. The standard InChI is InChI=1S/C25H36N8OS/c1-2-14-35-25-30-21-4-3-9-27-22(21)33(25)20-7-12-32(13-8-20)23(34)19-5-10-31(11-6-19)17-18-15-28-24(26)29-16-18/h3-4,15-16,19-20,27H,2,5-14,17H2,1H3,(H2,26,28,29). The van der Waals surface area contributed by atoms with Gasteiger partial charge in [0.25, 0.3) is 0 Å². The summed E-state index contributed by atoms with van der Waals surface area (Å²) < 4.78 is 2.42. The third kappa shape index (κ3) is 5.48. The van der Waals surface area contributed by atoms with Gasteiger partial charge in [-0.25, -0.2) is 15.0 Å². The number of nitrogens with two attached hydrogens (primary N) is 1. The number of hydrogen-bond acceptors (Lipinski definition) is 8. The zero-order chi connectivity index (χ0) is 24.2. The van der Waals surface area contributed by atoms with E-state index in [1.54, 1.807) is 12.4 Å². The van der Waals surface area contributed by atoms with Crippen LogP contribution in [-0.4, -0.2) is 73.7 Å². The molecule has 0 radical (unpaired) electrons. The Bertz CT molecular complexity index is 1040. The lowest BCUT2D eigenvalue weighted by Crippen LogP contribution is -2.45. The Labute approximate surface area is 211 Å². The summed E-state index contributed by atoms with van der Waals surface area (Å²) in [6.45, 7) is 7.37. The van der Waals surface area contributed by atoms with Gasteiger partial charge in [0.2, 0.25) is 11.9 Å². The molecule has 3 aliphatic heterocycles. The fraction of sp³-hybridized carbons (Fsp3) is 0.600. The molecule has 3 N–H and O–H groups in total. The van der Waals surface area contributed by atoms with Crippen LogP contribution in [0.5, 0.6) is 0 Å². The highest BCUT2D eigenvalue weighted by molar-refractivity contribution is 7.99. The van der Waals surface area contributed by atoms with Gasteiger partial charge in [-0.05, 0) is 51.3 Å². The molecule has 10 heteroatoms. The second-order valence-corrected chi connectivity index (χ2v) is 10.7. The molecule has 0 spiro atoms. The Morgan fingerprint density at radius 1 is 1.14 bits per heavy atom. The van der Waals surface area contributed by atoms with Gasteiger partial charge in [0.15, 0.2) is 5.16 Å². The Hall–Kier alpha value is -2.59. The number of imidazole rings is 1. The summed E-state index contributed by atoms with van der Waals surface area (Å²) in [5.74, 6) is 3.00. The number of rotatable bonds is 7. The molecule has 0 aromatic carbocycles. The van der Waals surface area contributed by atoms with Gasteiger partial charge in [0.05, 0.1) is 0 Å². The van der Waals surface area contributed by atoms with Crippen molar-refractivity contribution < 1.29 is 4.79 Å². The first kappa shape index (κ1) is 24.1. The highest BCUT2D eigenvalue weighted by Crippen LogP contribution is 2.36. The molecular weight excluding hydrogens is 460 g/mol. The maximum Gasteiger partial charge on any atom is 0.225 e. The van der Waals surface area contributed by atoms with Gasteiger partial charge >= 0.3 is 0 Å². The highest BCUT2D eigenvalue weighted by atomic mass is 32.2. The molecule has 0 aliphatic carbocycles. The van der Waals surface area contributed by atoms with Crippen LogP contribution >= 0.6 is 11.8 Å². The first-order valence-electron chi connectivity index (χ1n) is 12.9. The second kappa shape index (κ2) is 11.0. The van der Waals surface area contributed by atoms with Crippen LogP contribution in [0.15, 0.2) is 23.6 Å². The monoisotopic (exact) mass is 496 g/mol. The number of piperidine rings is 2. The van der Waals surface area contributed by atoms with E-state index in [4.69, 9.17) is 10.7 Å². The van der Waals surface area contributed by atoms with Crippen molar-refractivity contribution in [3.8, 4) is 0 Å². The number of carbonyl (C=O) groups excluding carboxylic acids is 1. The van der Waals surface area contributed by atoms with Crippen molar-refractivity contribution in [2.24, 2.45) is 5.92 Å². The van der Waals surface area contributed by atoms with Crippen molar-refractivity contribution in [3.63, 3.8) is 0 Å². The topological polar surface area (TPSA) is 105 Å². The van der Waals surface area contributed by atoms with Crippen LogP contribution in [0, 0.1) is 5.92 Å². The summed E-state index contributed by atoms with van der Waals surface area (Å²) in [6.07, 6.45) is 12.8. The Kier molecular flexibility index (Phi) is 7.57. The van der Waals surface area contributed by atoms with E-state index < -0.39 is 0 Å². The molecule has 188 valence electrons. The summed E-state index contributed by atoms with van der Waals surface area (Å²) in [4.78, 5) is 30.9. The smallest absolute Gasteiger partial charge is 0.225 e. The SMILES string of the molecule is CCCSc1nc2c(n1C1CCN(C(=O)C3CCN(Cc4cnc(N)nc4)CC3)CC1)NCC=C2. The van der Waals surface area contributed by atoms with Crippen molar-refractivity contribution in [1.82, 2.24) is 29.3 Å². The number of anilines is 2. The number of likely N-dealkylation sites (tertiary alicyclic amines) is 2. The molecule has 0 bridgehead atoms. The van der Waals surface area contributed by atoms with Gasteiger partial charge in [-0.2, -0.15) is 0 Å². The molecule has 2 aromatic heterocycles. The molecule has 0 saturated carbocycles. The Morgan fingerprint density at radius 3 is 2.60 bits per heavy atom. The van der Waals surface area contributed by atoms with Crippen LogP contribution < -0.4 is 11.1 Å². The minimum Gasteiger partial charge on any atom is -0.368 e. The Balaban J connectivity index is 1.15. The maximum absolute atomic E-state index is 13.3. The summed E-state index contributed by atoms with van der Waals surface area (Å²) in [6, 6.07) is 0.387. The molecule has 2 saturated heterocycles. The average molecular weight is 497 g/mol. The molecule has 9 nitrogen and oxygen atoms in total. The molecule has 3 aliphatic rings. The highest BCUT2D eigenvalue weighted by Gasteiger charge is 2.33. The minimum atomic E-state index is 0.133. The second-order valence-electron chi connectivity index (χ2n) is 9.69. The number of nitrogens with zero attached hydrogens (tertiary/aromatic N) is 6. The van der Waals surface area contributed by atoms with Crippen molar-refractivity contribution in [2.45, 2.75) is 56.8 Å². The van der Waals surface area contributed by atoms with Crippen LogP contribution in [0.2, 0.25) is 0 Å². The van der Waals surface area contributed by atoms with E-state index in [0.29, 0.717) is 17.9 Å². The molecule has 5 rings (SSSR count). The summed E-state index contributed by atoms with van der Waals surface area (Å²) in [7, 11) is 0. The lowest BCUT2D eigenvalue weighted by atomic mass is 9.93. The fourth-order valence-corrected chi connectivity index (χ4v) is 6.26. The van der Waals surface area contributed by atoms with Gasteiger partial charge in [-0.1, -0.05) is 24.8 Å². The van der Waals surface area contributed by atoms with Crippen LogP contribution in [0.4, 0.5) is 11.8 Å². The molecule has 1 amide bonds. The van der Waals surface area contributed by atoms with E-state index >= 15 is 0 Å². The van der Waals surface area contributed by atoms with Crippen LogP contribution in [-0.2, 0) is 11.3 Å². The zero-order valence-corrected chi connectivity index (χ0v) is 21.3. The quantitative estimate of drug-likeness (QED) is 0.563. The largest absolute Gasteiger partial charge is 0.368 e. The molecular formula is C25H36N8OS. The summed E-state index contributed by atoms with van der Waals surface area (Å²) in [5, 5.41) is 4.65. The molecule has 5 heterocycles. The van der Waals surface area contributed by atoms with Crippen LogP contribution in [0.3, 0.4) is 0 Å². The van der Waals surface area contributed by atoms with E-state index in [9.17, 15) is 4.79 Å². The number of amides is 1. The van der Waals surface area contributed by atoms with Crippen LogP contribution in [0.1, 0.15) is 56.3 Å². The zero-order valence-electron chi connectivity index (χ0n) is 20.5. The third-order valence-electron chi connectivity index (χ3n) is 7.21. The van der Waals surface area contributed by atoms with E-state index in [2.05, 4.69) is 48.7 Å². The lowest BCUT2D eigenvalue weighted by Gasteiger charge is -2.38. The number of aromatic nitrogens is 4. The van der Waals surface area contributed by atoms with Crippen molar-refractivity contribution in [1.29, 1.82) is 0 Å². The third-order valence-corrected chi connectivity index (χ3v) is 8.37. The summed E-state index contributed by atoms with van der Waals surface area (Å²) in [5.41, 5.74) is 7.70. The Morgan fingerprint density at radius 2 is 1.89 bits per heavy atom. The van der Waals surface area contributed by atoms with Gasteiger partial charge in [-0.15, -0.1) is 0 Å². The average Bonchev–Trinajstić information content (AvgIpc) is 3.27. The molecule has 35 heavy (non-hydrogen) atoms. The maximum atomic E-state index is 13.3. The van der Waals surface area contributed by atoms with Crippen molar-refractivity contribution in [2.75, 3.05) is 49.5 Å². The van der Waals surface area contributed by atoms with Gasteiger partial charge in [0, 0.05) is 61.8 Å². The number of thioether (sulfide) groups is 1. The summed E-state index contributed by atoms with van der Waals surface area (Å²) >= 11 is 1.84. The number of nitrogen functional groups attached to an aromatic ring is 1. The number of fused-ring (bicyclic) bond motifs is 1. The van der Waals surface area contributed by atoms with Gasteiger partial charge in [-0.3, -0.25) is 9.69 Å². The first-order valence-corrected chi connectivity index (χ1v) is 13.8. The molecule has 0 atom stereocenters. The van der Waals surface area contributed by atoms with Crippen LogP contribution in [0.25, 0.3) is 6.08 Å². The number of carbonyl (C=O) groups is 1. The van der Waals surface area contributed by atoms with Gasteiger partial charge < -0.3 is 20.5 Å². The predicted octanol–water partition coefficient (Wildman–Crippen LogP) is 3.27. The van der Waals surface area contributed by atoms with E-state index in [1.165, 1.54) is 0 Å².